The number of hydrogen-bond donors (Lipinski definition) is 6. The molecule has 0 heterocycles. The van der Waals surface area contributed by atoms with Crippen molar-refractivity contribution in [3.63, 3.8) is 0 Å². The summed E-state index contributed by atoms with van der Waals surface area (Å²) in [6.45, 7) is -0.703. The lowest BCUT2D eigenvalue weighted by Gasteiger charge is -2.22. The number of aliphatic hydroxyl groups is 5. The summed E-state index contributed by atoms with van der Waals surface area (Å²) in [6, 6.07) is 0. The van der Waals surface area contributed by atoms with Gasteiger partial charge in [0.2, 0.25) is 0 Å². The summed E-state index contributed by atoms with van der Waals surface area (Å²) in [6.07, 6.45) is -6.42. The van der Waals surface area contributed by atoms with Gasteiger partial charge in [0.1, 0.15) is 24.5 Å². The van der Waals surface area contributed by atoms with Crippen LogP contribution in [0.4, 0.5) is 0 Å². The smallest absolute Gasteiger partial charge is 0.131 e. The van der Waals surface area contributed by atoms with Crippen molar-refractivity contribution in [1.29, 1.82) is 0 Å². The van der Waals surface area contributed by atoms with Gasteiger partial charge < -0.3 is 31.3 Å². The molecule has 4 unspecified atom stereocenters. The Balaban J connectivity index is 3.90. The van der Waals surface area contributed by atoms with E-state index in [2.05, 4.69) is 0 Å². The highest BCUT2D eigenvalue weighted by atomic mass is 16.4. The molecular formula is C5H13NO5. The largest absolute Gasteiger partial charge is 0.394 e. The predicted octanol–water partition coefficient (Wildman–Crippen LogP) is -3.66. The number of nitrogens with two attached hydrogens (primary N) is 1. The molecule has 6 heteroatoms. The standard InChI is InChI=1S/C5H13NO5/c6-5(11)4(10)3(9)2(8)1-7/h2-5,7-11H,1,6H2. The third-order valence-electron chi connectivity index (χ3n) is 1.28. The molecule has 0 aliphatic heterocycles. The molecule has 0 radical (unpaired) electrons. The van der Waals surface area contributed by atoms with Gasteiger partial charge in [-0.1, -0.05) is 0 Å². The molecule has 11 heavy (non-hydrogen) atoms. The Morgan fingerprint density at radius 3 is 1.73 bits per heavy atom. The van der Waals surface area contributed by atoms with Crippen LogP contribution in [0.15, 0.2) is 0 Å². The second-order valence-electron chi connectivity index (χ2n) is 2.22. The predicted molar refractivity (Wildman–Crippen MR) is 35.3 cm³/mol. The molecule has 0 fully saturated rings. The normalized spacial score (nSPS) is 22.4. The Labute approximate surface area is 63.5 Å². The molecule has 0 saturated carbocycles. The van der Waals surface area contributed by atoms with Crippen molar-refractivity contribution in [2.24, 2.45) is 5.73 Å². The quantitative estimate of drug-likeness (QED) is 0.239. The highest BCUT2D eigenvalue weighted by Gasteiger charge is 2.27. The Bertz CT molecular complexity index is 109. The van der Waals surface area contributed by atoms with Crippen molar-refractivity contribution >= 4 is 0 Å². The lowest BCUT2D eigenvalue weighted by Crippen LogP contribution is -2.49. The molecule has 68 valence electrons. The number of hydrogen-bond acceptors (Lipinski definition) is 6. The summed E-state index contributed by atoms with van der Waals surface area (Å²) in [5.74, 6) is 0. The maximum Gasteiger partial charge on any atom is 0.131 e. The lowest BCUT2D eigenvalue weighted by atomic mass is 10.1. The summed E-state index contributed by atoms with van der Waals surface area (Å²) >= 11 is 0. The van der Waals surface area contributed by atoms with Gasteiger partial charge in [-0.05, 0) is 0 Å². The van der Waals surface area contributed by atoms with E-state index in [1.165, 1.54) is 0 Å². The van der Waals surface area contributed by atoms with Crippen molar-refractivity contribution in [1.82, 2.24) is 0 Å². The van der Waals surface area contributed by atoms with Gasteiger partial charge in [-0.2, -0.15) is 0 Å². The average molecular weight is 167 g/mol. The van der Waals surface area contributed by atoms with E-state index in [0.29, 0.717) is 0 Å². The summed E-state index contributed by atoms with van der Waals surface area (Å²) in [4.78, 5) is 0. The van der Waals surface area contributed by atoms with Gasteiger partial charge in [-0.15, -0.1) is 0 Å². The van der Waals surface area contributed by atoms with Crippen LogP contribution in [0.5, 0.6) is 0 Å². The van der Waals surface area contributed by atoms with E-state index in [-0.39, 0.29) is 0 Å². The minimum absolute atomic E-state index is 0.703. The van der Waals surface area contributed by atoms with Crippen molar-refractivity contribution in [2.75, 3.05) is 6.61 Å². The molecule has 0 aromatic carbocycles. The van der Waals surface area contributed by atoms with Gasteiger partial charge >= 0.3 is 0 Å². The fourth-order valence-corrected chi connectivity index (χ4v) is 0.538. The zero-order valence-corrected chi connectivity index (χ0v) is 5.83. The van der Waals surface area contributed by atoms with Crippen LogP contribution >= 0.6 is 0 Å². The van der Waals surface area contributed by atoms with Crippen LogP contribution in [0.3, 0.4) is 0 Å². The first-order valence-corrected chi connectivity index (χ1v) is 3.09. The average Bonchev–Trinajstić information content (AvgIpc) is 2.00. The zero-order chi connectivity index (χ0) is 9.02. The molecule has 0 spiro atoms. The van der Waals surface area contributed by atoms with E-state index in [9.17, 15) is 0 Å². The molecule has 0 aliphatic rings. The van der Waals surface area contributed by atoms with E-state index >= 15 is 0 Å². The van der Waals surface area contributed by atoms with Gasteiger partial charge in [0.05, 0.1) is 6.61 Å². The topological polar surface area (TPSA) is 127 Å². The first kappa shape index (κ1) is 10.8. The van der Waals surface area contributed by atoms with Gasteiger partial charge in [0.15, 0.2) is 0 Å². The Morgan fingerprint density at radius 2 is 1.45 bits per heavy atom. The molecule has 0 bridgehead atoms. The number of aliphatic hydroxyl groups excluding tert-OH is 5. The second kappa shape index (κ2) is 4.60. The van der Waals surface area contributed by atoms with Crippen molar-refractivity contribution in [3.05, 3.63) is 0 Å². The molecule has 6 nitrogen and oxygen atoms in total. The maximum absolute atomic E-state index is 8.86. The van der Waals surface area contributed by atoms with Crippen LogP contribution in [0.2, 0.25) is 0 Å². The first-order valence-electron chi connectivity index (χ1n) is 3.09. The van der Waals surface area contributed by atoms with Crippen LogP contribution in [0.25, 0.3) is 0 Å². The molecular weight excluding hydrogens is 154 g/mol. The fourth-order valence-electron chi connectivity index (χ4n) is 0.538. The van der Waals surface area contributed by atoms with E-state index in [4.69, 9.17) is 31.3 Å². The van der Waals surface area contributed by atoms with Crippen LogP contribution < -0.4 is 5.73 Å². The molecule has 0 saturated heterocycles. The van der Waals surface area contributed by atoms with Crippen LogP contribution in [-0.4, -0.2) is 56.7 Å². The molecule has 0 aromatic heterocycles. The van der Waals surface area contributed by atoms with Crippen molar-refractivity contribution < 1.29 is 25.5 Å². The highest BCUT2D eigenvalue weighted by Crippen LogP contribution is 2.00. The summed E-state index contributed by atoms with van der Waals surface area (Å²) < 4.78 is 0. The SMILES string of the molecule is NC(O)C(O)C(O)C(O)CO. The maximum atomic E-state index is 8.86. The third kappa shape index (κ3) is 3.10. The highest BCUT2D eigenvalue weighted by molar-refractivity contribution is 4.77. The Kier molecular flexibility index (Phi) is 4.50. The van der Waals surface area contributed by atoms with Crippen molar-refractivity contribution in [3.8, 4) is 0 Å². The van der Waals surface area contributed by atoms with E-state index in [1.54, 1.807) is 0 Å². The molecule has 4 atom stereocenters. The fraction of sp³-hybridized carbons (Fsp3) is 1.00. The van der Waals surface area contributed by atoms with Gasteiger partial charge in [-0.3, -0.25) is 0 Å². The summed E-state index contributed by atoms with van der Waals surface area (Å²) in [5, 5.41) is 43.2. The minimum Gasteiger partial charge on any atom is -0.394 e. The molecule has 0 amide bonds. The number of rotatable bonds is 4. The van der Waals surface area contributed by atoms with Crippen LogP contribution in [-0.2, 0) is 0 Å². The third-order valence-corrected chi connectivity index (χ3v) is 1.28. The Hall–Kier alpha value is -0.240. The molecule has 0 aromatic rings. The van der Waals surface area contributed by atoms with E-state index < -0.39 is 31.1 Å². The summed E-state index contributed by atoms with van der Waals surface area (Å²) in [5.41, 5.74) is 4.78. The van der Waals surface area contributed by atoms with Gasteiger partial charge in [0, 0.05) is 0 Å². The summed E-state index contributed by atoms with van der Waals surface area (Å²) in [7, 11) is 0. The van der Waals surface area contributed by atoms with Gasteiger partial charge in [-0.25, -0.2) is 0 Å². The Morgan fingerprint density at radius 1 is 1.00 bits per heavy atom. The second-order valence-corrected chi connectivity index (χ2v) is 2.22. The van der Waals surface area contributed by atoms with Crippen LogP contribution in [0, 0.1) is 0 Å². The van der Waals surface area contributed by atoms with E-state index in [1.807, 2.05) is 0 Å². The first-order chi connectivity index (χ1) is 5.00. The zero-order valence-electron chi connectivity index (χ0n) is 5.83. The van der Waals surface area contributed by atoms with Crippen LogP contribution in [0.1, 0.15) is 0 Å². The van der Waals surface area contributed by atoms with Crippen molar-refractivity contribution in [2.45, 2.75) is 24.5 Å². The van der Waals surface area contributed by atoms with E-state index in [0.717, 1.165) is 0 Å². The van der Waals surface area contributed by atoms with Gasteiger partial charge in [0.25, 0.3) is 0 Å². The monoisotopic (exact) mass is 167 g/mol. The lowest BCUT2D eigenvalue weighted by molar-refractivity contribution is -0.113. The molecule has 0 aliphatic carbocycles. The molecule has 7 N–H and O–H groups in total. The minimum atomic E-state index is -1.66. The molecule has 0 rings (SSSR count).